The van der Waals surface area contributed by atoms with E-state index < -0.39 is 5.97 Å². The molecule has 0 atom stereocenters. The highest BCUT2D eigenvalue weighted by atomic mass is 35.5. The van der Waals surface area contributed by atoms with Gasteiger partial charge in [-0.1, -0.05) is 11.6 Å². The third kappa shape index (κ3) is 3.99. The number of esters is 1. The first-order valence-electron chi connectivity index (χ1n) is 7.28. The van der Waals surface area contributed by atoms with Crippen LogP contribution < -0.4 is 20.9 Å². The third-order valence-electron chi connectivity index (χ3n) is 3.27. The molecule has 0 fully saturated rings. The molecule has 0 spiro atoms. The highest BCUT2D eigenvalue weighted by molar-refractivity contribution is 6.33. The molecule has 0 unspecified atom stereocenters. The Balaban J connectivity index is 1.69. The van der Waals surface area contributed by atoms with E-state index in [0.29, 0.717) is 28.0 Å². The zero-order valence-corrected chi connectivity index (χ0v) is 13.7. The van der Waals surface area contributed by atoms with Gasteiger partial charge in [0.15, 0.2) is 5.69 Å². The highest BCUT2D eigenvalue weighted by Crippen LogP contribution is 2.29. The molecule has 0 aliphatic rings. The monoisotopic (exact) mass is 355 g/mol. The van der Waals surface area contributed by atoms with E-state index in [9.17, 15) is 4.79 Å². The molecule has 126 valence electrons. The molecule has 0 amide bonds. The van der Waals surface area contributed by atoms with Crippen molar-refractivity contribution in [2.75, 3.05) is 11.5 Å². The molecule has 0 saturated carbocycles. The molecule has 3 aromatic rings. The van der Waals surface area contributed by atoms with Gasteiger partial charge in [0.1, 0.15) is 17.2 Å². The molecule has 0 saturated heterocycles. The predicted octanol–water partition coefficient (Wildman–Crippen LogP) is 3.91. The first-order valence-corrected chi connectivity index (χ1v) is 7.66. The first-order chi connectivity index (χ1) is 12.0. The smallest absolute Gasteiger partial charge is 0.364 e. The van der Waals surface area contributed by atoms with Crippen LogP contribution in [0, 0.1) is 0 Å². The van der Waals surface area contributed by atoms with Gasteiger partial charge in [-0.3, -0.25) is 0 Å². The summed E-state index contributed by atoms with van der Waals surface area (Å²) < 4.78 is 10.9. The second kappa shape index (κ2) is 7.11. The van der Waals surface area contributed by atoms with Crippen LogP contribution >= 0.6 is 11.6 Å². The number of ether oxygens (including phenoxy) is 2. The lowest BCUT2D eigenvalue weighted by Crippen LogP contribution is -2.12. The molecule has 0 bridgehead atoms. The topological polar surface area (TPSA) is 100 Å². The number of hydrogen-bond donors (Lipinski definition) is 2. The Bertz CT molecular complexity index is 914. The van der Waals surface area contributed by atoms with Gasteiger partial charge in [0.05, 0.1) is 16.4 Å². The lowest BCUT2D eigenvalue weighted by atomic mass is 10.3. The molecule has 0 aliphatic heterocycles. The number of pyridine rings is 1. The summed E-state index contributed by atoms with van der Waals surface area (Å²) in [5, 5.41) is 0.413. The van der Waals surface area contributed by atoms with Crippen molar-refractivity contribution in [2.45, 2.75) is 0 Å². The zero-order valence-electron chi connectivity index (χ0n) is 13.0. The van der Waals surface area contributed by atoms with Crippen LogP contribution in [-0.4, -0.2) is 11.0 Å². The van der Waals surface area contributed by atoms with Crippen molar-refractivity contribution >= 4 is 28.9 Å². The molecular formula is C18H14ClN3O3. The normalized spacial score (nSPS) is 10.3. The fraction of sp³-hybridized carbons (Fsp3) is 0. The predicted molar refractivity (Wildman–Crippen MR) is 96.0 cm³/mol. The number of carbonyl (C=O) groups is 1. The van der Waals surface area contributed by atoms with Crippen LogP contribution in [0.5, 0.6) is 17.2 Å². The molecule has 3 rings (SSSR count). The van der Waals surface area contributed by atoms with Crippen molar-refractivity contribution in [3.8, 4) is 17.2 Å². The minimum Gasteiger partial charge on any atom is -0.457 e. The van der Waals surface area contributed by atoms with Crippen molar-refractivity contribution in [1.82, 2.24) is 4.98 Å². The second-order valence-corrected chi connectivity index (χ2v) is 5.49. The molecule has 1 aromatic heterocycles. The Morgan fingerprint density at radius 2 is 1.60 bits per heavy atom. The summed E-state index contributed by atoms with van der Waals surface area (Å²) in [5.41, 5.74) is 12.2. The number of rotatable bonds is 4. The van der Waals surface area contributed by atoms with Crippen LogP contribution in [-0.2, 0) is 0 Å². The molecule has 4 N–H and O–H groups in total. The Hall–Kier alpha value is -3.25. The quantitative estimate of drug-likeness (QED) is 0.418. The van der Waals surface area contributed by atoms with Gasteiger partial charge in [-0.05, 0) is 48.5 Å². The molecule has 6 nitrogen and oxygen atoms in total. The number of nitrogens with two attached hydrogens (primary N) is 2. The summed E-state index contributed by atoms with van der Waals surface area (Å²) >= 11 is 5.95. The third-order valence-corrected chi connectivity index (χ3v) is 3.60. The molecular weight excluding hydrogens is 342 g/mol. The van der Waals surface area contributed by atoms with E-state index in [1.54, 1.807) is 54.6 Å². The van der Waals surface area contributed by atoms with Crippen molar-refractivity contribution in [1.29, 1.82) is 0 Å². The largest absolute Gasteiger partial charge is 0.457 e. The van der Waals surface area contributed by atoms with Crippen LogP contribution in [0.1, 0.15) is 10.5 Å². The van der Waals surface area contributed by atoms with Crippen LogP contribution in [0.25, 0.3) is 0 Å². The maximum atomic E-state index is 12.1. The first kappa shape index (κ1) is 16.6. The van der Waals surface area contributed by atoms with Crippen LogP contribution in [0.3, 0.4) is 0 Å². The summed E-state index contributed by atoms with van der Waals surface area (Å²) in [7, 11) is 0. The number of nitrogen functional groups attached to an aromatic ring is 2. The number of benzene rings is 2. The average molecular weight is 356 g/mol. The van der Waals surface area contributed by atoms with Crippen LogP contribution in [0.15, 0.2) is 60.8 Å². The molecule has 25 heavy (non-hydrogen) atoms. The molecule has 1 heterocycles. The van der Waals surface area contributed by atoms with E-state index in [-0.39, 0.29) is 11.4 Å². The van der Waals surface area contributed by atoms with E-state index >= 15 is 0 Å². The second-order valence-electron chi connectivity index (χ2n) is 5.09. The van der Waals surface area contributed by atoms with E-state index in [4.69, 9.17) is 32.5 Å². The zero-order chi connectivity index (χ0) is 17.8. The molecule has 2 aromatic carbocycles. The minimum absolute atomic E-state index is 0.0688. The number of halogens is 1. The number of nitrogens with zero attached hydrogens (tertiary/aromatic N) is 1. The number of aromatic nitrogens is 1. The van der Waals surface area contributed by atoms with Gasteiger partial charge in [-0.25, -0.2) is 9.78 Å². The van der Waals surface area contributed by atoms with Gasteiger partial charge in [0, 0.05) is 12.3 Å². The Morgan fingerprint density at radius 3 is 2.28 bits per heavy atom. The van der Waals surface area contributed by atoms with E-state index in [2.05, 4.69) is 4.98 Å². The van der Waals surface area contributed by atoms with Gasteiger partial charge in [0.2, 0.25) is 0 Å². The van der Waals surface area contributed by atoms with Gasteiger partial charge < -0.3 is 20.9 Å². The summed E-state index contributed by atoms with van der Waals surface area (Å²) in [6.45, 7) is 0. The molecule has 7 heteroatoms. The lowest BCUT2D eigenvalue weighted by Gasteiger charge is -2.09. The Kier molecular flexibility index (Phi) is 4.72. The molecule has 0 aliphatic carbocycles. The van der Waals surface area contributed by atoms with E-state index in [0.717, 1.165) is 0 Å². The summed E-state index contributed by atoms with van der Waals surface area (Å²) in [4.78, 5) is 16.0. The van der Waals surface area contributed by atoms with Crippen LogP contribution in [0.2, 0.25) is 5.02 Å². The Labute approximate surface area is 149 Å². The molecule has 0 radical (unpaired) electrons. The fourth-order valence-corrected chi connectivity index (χ4v) is 2.20. The average Bonchev–Trinajstić information content (AvgIpc) is 2.60. The maximum absolute atomic E-state index is 12.1. The van der Waals surface area contributed by atoms with Gasteiger partial charge in [0.25, 0.3) is 0 Å². The summed E-state index contributed by atoms with van der Waals surface area (Å²) in [6.07, 6.45) is 1.47. The van der Waals surface area contributed by atoms with E-state index in [1.807, 2.05) is 0 Å². The maximum Gasteiger partial charge on any atom is 0.364 e. The van der Waals surface area contributed by atoms with Crippen molar-refractivity contribution in [2.24, 2.45) is 0 Å². The number of carbonyl (C=O) groups excluding carboxylic acids is 1. The fourth-order valence-electron chi connectivity index (χ4n) is 2.03. The van der Waals surface area contributed by atoms with Gasteiger partial charge in [-0.2, -0.15) is 0 Å². The van der Waals surface area contributed by atoms with Crippen molar-refractivity contribution in [3.63, 3.8) is 0 Å². The minimum atomic E-state index is -0.628. The highest BCUT2D eigenvalue weighted by Gasteiger charge is 2.13. The number of hydrogen-bond acceptors (Lipinski definition) is 6. The lowest BCUT2D eigenvalue weighted by molar-refractivity contribution is 0.0729. The summed E-state index contributed by atoms with van der Waals surface area (Å²) in [6, 6.07) is 14.7. The van der Waals surface area contributed by atoms with Gasteiger partial charge in [-0.15, -0.1) is 0 Å². The van der Waals surface area contributed by atoms with Crippen molar-refractivity contribution in [3.05, 3.63) is 71.5 Å². The van der Waals surface area contributed by atoms with E-state index in [1.165, 1.54) is 6.20 Å². The van der Waals surface area contributed by atoms with Gasteiger partial charge >= 0.3 is 5.97 Å². The SMILES string of the molecule is Nc1ccc(Oc2ccc(OC(=O)c3ncccc3N)cc2)cc1Cl. The standard InChI is InChI=1S/C18H14ClN3O3/c19-14-10-13(7-8-15(14)20)24-11-3-5-12(6-4-11)25-18(23)17-16(21)2-1-9-22-17/h1-10H,20-21H2. The Morgan fingerprint density at radius 1 is 0.920 bits per heavy atom. The summed E-state index contributed by atoms with van der Waals surface area (Å²) in [5.74, 6) is 0.818. The number of anilines is 2. The van der Waals surface area contributed by atoms with Crippen LogP contribution in [0.4, 0.5) is 11.4 Å². The van der Waals surface area contributed by atoms with Crippen molar-refractivity contribution < 1.29 is 14.3 Å².